The molecule has 0 unspecified atom stereocenters. The Kier molecular flexibility index (Phi) is 6.89. The lowest BCUT2D eigenvalue weighted by Crippen LogP contribution is -2.48. The van der Waals surface area contributed by atoms with Gasteiger partial charge in [-0.2, -0.15) is 0 Å². The molecule has 29 heavy (non-hydrogen) atoms. The average molecular weight is 396 g/mol. The molecule has 0 aromatic heterocycles. The van der Waals surface area contributed by atoms with Crippen LogP contribution in [0.4, 0.5) is 10.1 Å². The SMILES string of the molecule is C=CCOc1ccc(/C=C/C(=O)N2CCN(c3ccccc3F)CC2)cc1OC. The molecule has 1 aliphatic rings. The molecule has 5 nitrogen and oxygen atoms in total. The van der Waals surface area contributed by atoms with E-state index in [9.17, 15) is 9.18 Å². The molecule has 2 aromatic rings. The minimum Gasteiger partial charge on any atom is -0.493 e. The lowest BCUT2D eigenvalue weighted by Gasteiger charge is -2.35. The molecule has 1 saturated heterocycles. The van der Waals surface area contributed by atoms with E-state index in [-0.39, 0.29) is 11.7 Å². The third-order valence-electron chi connectivity index (χ3n) is 4.75. The topological polar surface area (TPSA) is 42.0 Å². The van der Waals surface area contributed by atoms with Gasteiger partial charge in [-0.05, 0) is 35.9 Å². The number of carbonyl (C=O) groups excluding carboxylic acids is 1. The van der Waals surface area contributed by atoms with Crippen LogP contribution in [0.1, 0.15) is 5.56 Å². The Hall–Kier alpha value is -3.28. The van der Waals surface area contributed by atoms with Crippen LogP contribution in [-0.4, -0.2) is 50.7 Å². The molecule has 0 spiro atoms. The highest BCUT2D eigenvalue weighted by Gasteiger charge is 2.21. The Morgan fingerprint density at radius 3 is 2.59 bits per heavy atom. The van der Waals surface area contributed by atoms with E-state index >= 15 is 0 Å². The van der Waals surface area contributed by atoms with Crippen molar-refractivity contribution in [3.63, 3.8) is 0 Å². The van der Waals surface area contributed by atoms with Crippen LogP contribution in [0.15, 0.2) is 61.2 Å². The highest BCUT2D eigenvalue weighted by atomic mass is 19.1. The molecule has 0 atom stereocenters. The number of amides is 1. The summed E-state index contributed by atoms with van der Waals surface area (Å²) in [6, 6.07) is 12.2. The third-order valence-corrected chi connectivity index (χ3v) is 4.75. The van der Waals surface area contributed by atoms with Gasteiger partial charge < -0.3 is 19.3 Å². The number of anilines is 1. The summed E-state index contributed by atoms with van der Waals surface area (Å²) in [4.78, 5) is 16.3. The number of benzene rings is 2. The minimum atomic E-state index is -0.235. The maximum absolute atomic E-state index is 13.9. The fourth-order valence-electron chi connectivity index (χ4n) is 3.20. The highest BCUT2D eigenvalue weighted by molar-refractivity contribution is 5.92. The highest BCUT2D eigenvalue weighted by Crippen LogP contribution is 2.28. The first-order chi connectivity index (χ1) is 14.1. The predicted molar refractivity (Wildman–Crippen MR) is 113 cm³/mol. The predicted octanol–water partition coefficient (Wildman–Crippen LogP) is 3.76. The molecule has 0 radical (unpaired) electrons. The van der Waals surface area contributed by atoms with E-state index in [1.807, 2.05) is 23.1 Å². The molecule has 0 N–H and O–H groups in total. The van der Waals surface area contributed by atoms with E-state index < -0.39 is 0 Å². The quantitative estimate of drug-likeness (QED) is 0.528. The van der Waals surface area contributed by atoms with Crippen LogP contribution in [0.3, 0.4) is 0 Å². The first kappa shape index (κ1) is 20.5. The number of methoxy groups -OCH3 is 1. The van der Waals surface area contributed by atoms with Gasteiger partial charge in [-0.15, -0.1) is 0 Å². The second-order valence-electron chi connectivity index (χ2n) is 6.61. The standard InChI is InChI=1S/C23H25FN2O3/c1-3-16-29-21-10-8-18(17-22(21)28-2)9-11-23(27)26-14-12-25(13-15-26)20-7-5-4-6-19(20)24/h3-11,17H,1,12-16H2,2H3/b11-9+. The number of rotatable bonds is 7. The van der Waals surface area contributed by atoms with Crippen molar-refractivity contribution in [3.8, 4) is 11.5 Å². The van der Waals surface area contributed by atoms with Gasteiger partial charge in [0.25, 0.3) is 0 Å². The maximum Gasteiger partial charge on any atom is 0.246 e. The Morgan fingerprint density at radius 1 is 1.14 bits per heavy atom. The Labute approximate surface area is 170 Å². The van der Waals surface area contributed by atoms with Crippen LogP contribution in [-0.2, 0) is 4.79 Å². The van der Waals surface area contributed by atoms with Gasteiger partial charge >= 0.3 is 0 Å². The number of hydrogen-bond donors (Lipinski definition) is 0. The molecule has 0 bridgehead atoms. The first-order valence-electron chi connectivity index (χ1n) is 9.50. The lowest BCUT2D eigenvalue weighted by molar-refractivity contribution is -0.126. The summed E-state index contributed by atoms with van der Waals surface area (Å²) in [5, 5.41) is 0. The van der Waals surface area contributed by atoms with E-state index in [1.165, 1.54) is 6.07 Å². The molecule has 6 heteroatoms. The molecule has 0 saturated carbocycles. The number of piperazine rings is 1. The van der Waals surface area contributed by atoms with Gasteiger partial charge in [0, 0.05) is 32.3 Å². The van der Waals surface area contributed by atoms with E-state index in [2.05, 4.69) is 6.58 Å². The van der Waals surface area contributed by atoms with Crippen molar-refractivity contribution >= 4 is 17.7 Å². The molecule has 1 heterocycles. The van der Waals surface area contributed by atoms with Gasteiger partial charge in [-0.25, -0.2) is 4.39 Å². The Morgan fingerprint density at radius 2 is 1.90 bits per heavy atom. The van der Waals surface area contributed by atoms with Gasteiger partial charge in [0.1, 0.15) is 12.4 Å². The van der Waals surface area contributed by atoms with Gasteiger partial charge in [-0.3, -0.25) is 4.79 Å². The molecule has 0 aliphatic carbocycles. The molecule has 1 amide bonds. The summed E-state index contributed by atoms with van der Waals surface area (Å²) in [6.07, 6.45) is 4.97. The van der Waals surface area contributed by atoms with Crippen molar-refractivity contribution in [2.75, 3.05) is 44.8 Å². The molecule has 2 aromatic carbocycles. The second kappa shape index (κ2) is 9.78. The number of para-hydroxylation sites is 1. The average Bonchev–Trinajstić information content (AvgIpc) is 2.76. The first-order valence-corrected chi connectivity index (χ1v) is 9.50. The summed E-state index contributed by atoms with van der Waals surface area (Å²) in [7, 11) is 1.57. The summed E-state index contributed by atoms with van der Waals surface area (Å²) in [6.45, 7) is 6.32. The second-order valence-corrected chi connectivity index (χ2v) is 6.61. The third kappa shape index (κ3) is 5.16. The van der Waals surface area contributed by atoms with E-state index in [1.54, 1.807) is 48.4 Å². The van der Waals surface area contributed by atoms with Crippen LogP contribution in [0, 0.1) is 5.82 Å². The summed E-state index contributed by atoms with van der Waals surface area (Å²) in [5.41, 5.74) is 1.42. The molecule has 3 rings (SSSR count). The van der Waals surface area contributed by atoms with Crippen molar-refractivity contribution < 1.29 is 18.7 Å². The van der Waals surface area contributed by atoms with Gasteiger partial charge in [0.2, 0.25) is 5.91 Å². The normalized spacial score (nSPS) is 14.1. The fourth-order valence-corrected chi connectivity index (χ4v) is 3.20. The smallest absolute Gasteiger partial charge is 0.246 e. The zero-order valence-corrected chi connectivity index (χ0v) is 16.5. The largest absolute Gasteiger partial charge is 0.493 e. The Balaban J connectivity index is 1.59. The van der Waals surface area contributed by atoms with Crippen LogP contribution in [0.5, 0.6) is 11.5 Å². The summed E-state index contributed by atoms with van der Waals surface area (Å²) in [5.74, 6) is 0.922. The number of hydrogen-bond acceptors (Lipinski definition) is 4. The van der Waals surface area contributed by atoms with Crippen molar-refractivity contribution in [2.45, 2.75) is 0 Å². The fraction of sp³-hybridized carbons (Fsp3) is 0.261. The van der Waals surface area contributed by atoms with Crippen LogP contribution in [0.2, 0.25) is 0 Å². The zero-order chi connectivity index (χ0) is 20.6. The van der Waals surface area contributed by atoms with Crippen LogP contribution >= 0.6 is 0 Å². The minimum absolute atomic E-state index is 0.0656. The van der Waals surface area contributed by atoms with E-state index in [4.69, 9.17) is 9.47 Å². The zero-order valence-electron chi connectivity index (χ0n) is 16.5. The number of nitrogens with zero attached hydrogens (tertiary/aromatic N) is 2. The molecular weight excluding hydrogens is 371 g/mol. The summed E-state index contributed by atoms with van der Waals surface area (Å²) >= 11 is 0. The van der Waals surface area contributed by atoms with Crippen molar-refractivity contribution in [3.05, 3.63) is 72.6 Å². The number of ether oxygens (including phenoxy) is 2. The number of halogens is 1. The molecule has 1 aliphatic heterocycles. The van der Waals surface area contributed by atoms with Crippen LogP contribution in [0.25, 0.3) is 6.08 Å². The Bertz CT molecular complexity index is 889. The van der Waals surface area contributed by atoms with Crippen molar-refractivity contribution in [1.82, 2.24) is 4.90 Å². The monoisotopic (exact) mass is 396 g/mol. The maximum atomic E-state index is 13.9. The van der Waals surface area contributed by atoms with Crippen LogP contribution < -0.4 is 14.4 Å². The van der Waals surface area contributed by atoms with Gasteiger partial charge in [0.05, 0.1) is 12.8 Å². The number of carbonyl (C=O) groups is 1. The van der Waals surface area contributed by atoms with Crippen molar-refractivity contribution in [2.24, 2.45) is 0 Å². The van der Waals surface area contributed by atoms with E-state index in [0.717, 1.165) is 5.56 Å². The molecular formula is C23H25FN2O3. The van der Waals surface area contributed by atoms with Crippen molar-refractivity contribution in [1.29, 1.82) is 0 Å². The molecule has 152 valence electrons. The summed E-state index contributed by atoms with van der Waals surface area (Å²) < 4.78 is 24.8. The van der Waals surface area contributed by atoms with Gasteiger partial charge in [0.15, 0.2) is 11.5 Å². The van der Waals surface area contributed by atoms with E-state index in [0.29, 0.717) is 50.0 Å². The molecule has 1 fully saturated rings. The lowest BCUT2D eigenvalue weighted by atomic mass is 10.1. The van der Waals surface area contributed by atoms with Gasteiger partial charge in [-0.1, -0.05) is 30.9 Å².